The minimum absolute atomic E-state index is 0.438. The van der Waals surface area contributed by atoms with E-state index in [1.807, 2.05) is 18.0 Å². The van der Waals surface area contributed by atoms with Crippen LogP contribution in [0.2, 0.25) is 0 Å². The molecule has 1 aromatic rings. The van der Waals surface area contributed by atoms with Crippen LogP contribution in [0.4, 0.5) is 0 Å². The average molecular weight is 190 g/mol. The summed E-state index contributed by atoms with van der Waals surface area (Å²) in [5.74, 6) is 0. The lowest BCUT2D eigenvalue weighted by Crippen LogP contribution is -2.27. The van der Waals surface area contributed by atoms with Crippen molar-refractivity contribution in [2.24, 2.45) is 0 Å². The number of hydrogen-bond donors (Lipinski definition) is 1. The quantitative estimate of drug-likeness (QED) is 0.560. The van der Waals surface area contributed by atoms with Crippen molar-refractivity contribution >= 4 is 6.34 Å². The lowest BCUT2D eigenvalue weighted by Gasteiger charge is -2.21. The topological polar surface area (TPSA) is 27.1 Å². The van der Waals surface area contributed by atoms with E-state index in [0.29, 0.717) is 6.04 Å². The maximum absolute atomic E-state index is 7.12. The standard InChI is InChI=1S/C12H18N2/c1-11(14(2)10-13)8-9-12-6-4-3-5-7-12/h3-7,10-11,13H,8-9H2,1-2H3. The summed E-state index contributed by atoms with van der Waals surface area (Å²) in [6, 6.07) is 10.9. The molecule has 0 saturated heterocycles. The molecule has 0 aromatic heterocycles. The van der Waals surface area contributed by atoms with E-state index in [0.717, 1.165) is 12.8 Å². The van der Waals surface area contributed by atoms with Gasteiger partial charge in [-0.1, -0.05) is 30.3 Å². The van der Waals surface area contributed by atoms with Crippen LogP contribution in [0.3, 0.4) is 0 Å². The zero-order chi connectivity index (χ0) is 10.4. The highest BCUT2D eigenvalue weighted by atomic mass is 15.1. The van der Waals surface area contributed by atoms with Crippen molar-refractivity contribution in [3.8, 4) is 0 Å². The first kappa shape index (κ1) is 10.8. The highest BCUT2D eigenvalue weighted by Gasteiger charge is 2.04. The van der Waals surface area contributed by atoms with Gasteiger partial charge in [0.05, 0.1) is 6.34 Å². The summed E-state index contributed by atoms with van der Waals surface area (Å²) < 4.78 is 0. The largest absolute Gasteiger partial charge is 0.363 e. The number of benzene rings is 1. The Morgan fingerprint density at radius 1 is 1.36 bits per heavy atom. The van der Waals surface area contributed by atoms with Gasteiger partial charge in [-0.2, -0.15) is 0 Å². The Kier molecular flexibility index (Phi) is 4.17. The molecule has 0 aliphatic heterocycles. The summed E-state index contributed by atoms with van der Waals surface area (Å²) in [5.41, 5.74) is 1.37. The Labute approximate surface area is 86.1 Å². The van der Waals surface area contributed by atoms with E-state index in [4.69, 9.17) is 5.41 Å². The maximum Gasteiger partial charge on any atom is 0.0817 e. The molecule has 0 spiro atoms. The maximum atomic E-state index is 7.12. The van der Waals surface area contributed by atoms with Crippen LogP contribution in [0.1, 0.15) is 18.9 Å². The molecule has 76 valence electrons. The van der Waals surface area contributed by atoms with E-state index in [-0.39, 0.29) is 0 Å². The van der Waals surface area contributed by atoms with E-state index in [9.17, 15) is 0 Å². The van der Waals surface area contributed by atoms with E-state index >= 15 is 0 Å². The third-order valence-corrected chi connectivity index (χ3v) is 2.59. The third kappa shape index (κ3) is 3.21. The van der Waals surface area contributed by atoms with Gasteiger partial charge < -0.3 is 4.90 Å². The molecule has 1 N–H and O–H groups in total. The molecule has 0 bridgehead atoms. The number of rotatable bonds is 5. The first-order valence-electron chi connectivity index (χ1n) is 5.00. The molecule has 1 unspecified atom stereocenters. The van der Waals surface area contributed by atoms with Gasteiger partial charge in [-0.15, -0.1) is 0 Å². The Balaban J connectivity index is 2.37. The molecule has 0 aliphatic carbocycles. The molecule has 1 aromatic carbocycles. The van der Waals surface area contributed by atoms with Crippen molar-refractivity contribution in [1.82, 2.24) is 4.90 Å². The molecule has 0 saturated carbocycles. The Bertz CT molecular complexity index is 269. The lowest BCUT2D eigenvalue weighted by molar-refractivity contribution is 0.378. The predicted molar refractivity (Wildman–Crippen MR) is 60.8 cm³/mol. The van der Waals surface area contributed by atoms with Gasteiger partial charge >= 0.3 is 0 Å². The van der Waals surface area contributed by atoms with Gasteiger partial charge in [0.1, 0.15) is 0 Å². The van der Waals surface area contributed by atoms with Crippen LogP contribution >= 0.6 is 0 Å². The fourth-order valence-corrected chi connectivity index (χ4v) is 1.35. The van der Waals surface area contributed by atoms with Crippen molar-refractivity contribution < 1.29 is 0 Å². The zero-order valence-corrected chi connectivity index (χ0v) is 8.90. The molecule has 14 heavy (non-hydrogen) atoms. The van der Waals surface area contributed by atoms with Gasteiger partial charge in [-0.05, 0) is 25.3 Å². The van der Waals surface area contributed by atoms with Crippen molar-refractivity contribution in [2.45, 2.75) is 25.8 Å². The van der Waals surface area contributed by atoms with Gasteiger partial charge in [0, 0.05) is 13.1 Å². The highest BCUT2D eigenvalue weighted by molar-refractivity contribution is 5.50. The van der Waals surface area contributed by atoms with Crippen LogP contribution in [0, 0.1) is 5.41 Å². The molecule has 0 amide bonds. The van der Waals surface area contributed by atoms with Crippen LogP contribution in [0.25, 0.3) is 0 Å². The second kappa shape index (κ2) is 5.43. The van der Waals surface area contributed by atoms with E-state index in [2.05, 4.69) is 31.2 Å². The van der Waals surface area contributed by atoms with Crippen LogP contribution in [-0.4, -0.2) is 24.3 Å². The summed E-state index contributed by atoms with van der Waals surface area (Å²) in [7, 11) is 1.95. The summed E-state index contributed by atoms with van der Waals surface area (Å²) in [6.45, 7) is 2.15. The summed E-state index contributed by atoms with van der Waals surface area (Å²) in [6.07, 6.45) is 3.56. The Morgan fingerprint density at radius 2 is 2.00 bits per heavy atom. The van der Waals surface area contributed by atoms with Crippen LogP contribution in [0.15, 0.2) is 30.3 Å². The van der Waals surface area contributed by atoms with Gasteiger partial charge in [-0.3, -0.25) is 5.41 Å². The van der Waals surface area contributed by atoms with Gasteiger partial charge in [0.25, 0.3) is 0 Å². The molecule has 0 radical (unpaired) electrons. The molecule has 2 heteroatoms. The van der Waals surface area contributed by atoms with E-state index in [1.54, 1.807) is 0 Å². The van der Waals surface area contributed by atoms with Crippen LogP contribution in [-0.2, 0) is 6.42 Å². The zero-order valence-electron chi connectivity index (χ0n) is 8.90. The normalized spacial score (nSPS) is 12.1. The summed E-state index contributed by atoms with van der Waals surface area (Å²) in [5, 5.41) is 7.12. The SMILES string of the molecule is CC(CCc1ccccc1)N(C)C=N. The molecule has 0 aliphatic rings. The van der Waals surface area contributed by atoms with E-state index in [1.165, 1.54) is 11.9 Å². The molecular formula is C12H18N2. The van der Waals surface area contributed by atoms with Gasteiger partial charge in [-0.25, -0.2) is 0 Å². The number of hydrogen-bond acceptors (Lipinski definition) is 1. The number of nitrogens with one attached hydrogen (secondary N) is 1. The summed E-state index contributed by atoms with van der Waals surface area (Å²) in [4.78, 5) is 1.93. The van der Waals surface area contributed by atoms with Crippen molar-refractivity contribution in [3.63, 3.8) is 0 Å². The minimum Gasteiger partial charge on any atom is -0.363 e. The molecule has 1 rings (SSSR count). The van der Waals surface area contributed by atoms with Gasteiger partial charge in [0.2, 0.25) is 0 Å². The smallest absolute Gasteiger partial charge is 0.0817 e. The predicted octanol–water partition coefficient (Wildman–Crippen LogP) is 2.55. The minimum atomic E-state index is 0.438. The Hall–Kier alpha value is -1.31. The van der Waals surface area contributed by atoms with Crippen molar-refractivity contribution in [2.75, 3.05) is 7.05 Å². The molecule has 0 fully saturated rings. The lowest BCUT2D eigenvalue weighted by atomic mass is 10.1. The second-order valence-corrected chi connectivity index (χ2v) is 3.67. The first-order valence-corrected chi connectivity index (χ1v) is 5.00. The van der Waals surface area contributed by atoms with Crippen molar-refractivity contribution in [3.05, 3.63) is 35.9 Å². The Morgan fingerprint density at radius 3 is 2.57 bits per heavy atom. The highest BCUT2D eigenvalue weighted by Crippen LogP contribution is 2.07. The summed E-state index contributed by atoms with van der Waals surface area (Å²) >= 11 is 0. The average Bonchev–Trinajstić information content (AvgIpc) is 2.26. The van der Waals surface area contributed by atoms with Crippen LogP contribution < -0.4 is 0 Å². The van der Waals surface area contributed by atoms with Crippen molar-refractivity contribution in [1.29, 1.82) is 5.41 Å². The van der Waals surface area contributed by atoms with Gasteiger partial charge in [0.15, 0.2) is 0 Å². The molecular weight excluding hydrogens is 172 g/mol. The molecule has 0 heterocycles. The number of aryl methyl sites for hydroxylation is 1. The first-order chi connectivity index (χ1) is 6.74. The third-order valence-electron chi connectivity index (χ3n) is 2.59. The molecule has 2 nitrogen and oxygen atoms in total. The molecule has 1 atom stereocenters. The fraction of sp³-hybridized carbons (Fsp3) is 0.417. The van der Waals surface area contributed by atoms with Crippen LogP contribution in [0.5, 0.6) is 0 Å². The van der Waals surface area contributed by atoms with E-state index < -0.39 is 0 Å². The fourth-order valence-electron chi connectivity index (χ4n) is 1.35. The monoisotopic (exact) mass is 190 g/mol. The number of nitrogens with zero attached hydrogens (tertiary/aromatic N) is 1. The second-order valence-electron chi connectivity index (χ2n) is 3.67.